The molecule has 1 amide bonds. The van der Waals surface area contributed by atoms with E-state index in [-0.39, 0.29) is 18.9 Å². The lowest BCUT2D eigenvalue weighted by Crippen LogP contribution is -2.46. The molecule has 1 aliphatic heterocycles. The highest BCUT2D eigenvalue weighted by atomic mass is 16.5. The lowest BCUT2D eigenvalue weighted by molar-refractivity contribution is -0.141. The first-order chi connectivity index (χ1) is 10.6. The zero-order valence-corrected chi connectivity index (χ0v) is 11.9. The van der Waals surface area contributed by atoms with Crippen LogP contribution in [0.2, 0.25) is 0 Å². The molecule has 22 heavy (non-hydrogen) atoms. The fourth-order valence-electron chi connectivity index (χ4n) is 2.66. The summed E-state index contributed by atoms with van der Waals surface area (Å²) < 4.78 is 5.40. The third kappa shape index (κ3) is 2.92. The van der Waals surface area contributed by atoms with Gasteiger partial charge in [-0.3, -0.25) is 14.6 Å². The molecule has 1 fully saturated rings. The Bertz CT molecular complexity index is 711. The van der Waals surface area contributed by atoms with Gasteiger partial charge in [-0.25, -0.2) is 0 Å². The molecule has 1 aromatic heterocycles. The average molecular weight is 300 g/mol. The number of benzene rings is 1. The number of aromatic nitrogens is 1. The highest BCUT2D eigenvalue weighted by Gasteiger charge is 2.27. The summed E-state index contributed by atoms with van der Waals surface area (Å²) in [5, 5.41) is 10.6. The quantitative estimate of drug-likeness (QED) is 0.930. The Balaban J connectivity index is 1.84. The minimum atomic E-state index is -0.928. The number of carbonyl (C=O) groups excluding carboxylic acids is 1. The van der Waals surface area contributed by atoms with Crippen molar-refractivity contribution in [2.75, 3.05) is 19.7 Å². The summed E-state index contributed by atoms with van der Waals surface area (Å²) in [6.07, 6.45) is 1.04. The minimum Gasteiger partial charge on any atom is -0.481 e. The van der Waals surface area contributed by atoms with E-state index in [0.29, 0.717) is 18.8 Å². The molecule has 1 saturated heterocycles. The van der Waals surface area contributed by atoms with Gasteiger partial charge in [0.1, 0.15) is 5.69 Å². The summed E-state index contributed by atoms with van der Waals surface area (Å²) in [6, 6.07) is 9.44. The second kappa shape index (κ2) is 6.11. The lowest BCUT2D eigenvalue weighted by Gasteiger charge is -2.32. The number of carboxylic acids is 1. The first kappa shape index (κ1) is 14.5. The van der Waals surface area contributed by atoms with E-state index in [0.717, 1.165) is 10.8 Å². The first-order valence-corrected chi connectivity index (χ1v) is 7.11. The van der Waals surface area contributed by atoms with Gasteiger partial charge >= 0.3 is 5.97 Å². The van der Waals surface area contributed by atoms with Crippen LogP contribution in [0.1, 0.15) is 16.9 Å². The summed E-state index contributed by atoms with van der Waals surface area (Å²) in [6.45, 7) is 1.06. The molecule has 6 heteroatoms. The van der Waals surface area contributed by atoms with Gasteiger partial charge in [0.15, 0.2) is 0 Å². The second-order valence-electron chi connectivity index (χ2n) is 5.22. The van der Waals surface area contributed by atoms with Gasteiger partial charge in [-0.05, 0) is 11.5 Å². The molecule has 1 aliphatic rings. The molecule has 0 spiro atoms. The van der Waals surface area contributed by atoms with E-state index in [1.807, 2.05) is 30.3 Å². The molecule has 0 aliphatic carbocycles. The molecule has 0 saturated carbocycles. The molecule has 3 rings (SSSR count). The van der Waals surface area contributed by atoms with Crippen LogP contribution < -0.4 is 0 Å². The van der Waals surface area contributed by atoms with Gasteiger partial charge in [-0.1, -0.05) is 24.3 Å². The van der Waals surface area contributed by atoms with Crippen LogP contribution in [-0.2, 0) is 9.53 Å². The van der Waals surface area contributed by atoms with Crippen LogP contribution in [0.4, 0.5) is 0 Å². The summed E-state index contributed by atoms with van der Waals surface area (Å²) in [5.74, 6) is -1.11. The Morgan fingerprint density at radius 1 is 1.32 bits per heavy atom. The average Bonchev–Trinajstić information content (AvgIpc) is 2.53. The Morgan fingerprint density at radius 2 is 2.14 bits per heavy atom. The van der Waals surface area contributed by atoms with Crippen LogP contribution in [0.15, 0.2) is 36.5 Å². The van der Waals surface area contributed by atoms with Crippen molar-refractivity contribution in [1.82, 2.24) is 9.88 Å². The molecule has 2 heterocycles. The maximum absolute atomic E-state index is 12.7. The predicted molar refractivity (Wildman–Crippen MR) is 79.6 cm³/mol. The molecule has 0 radical (unpaired) electrons. The molecule has 1 unspecified atom stereocenters. The molecule has 114 valence electrons. The molecule has 1 aromatic carbocycles. The van der Waals surface area contributed by atoms with Crippen molar-refractivity contribution >= 4 is 22.6 Å². The number of carbonyl (C=O) groups is 2. The number of pyridine rings is 1. The van der Waals surface area contributed by atoms with Gasteiger partial charge < -0.3 is 14.7 Å². The molecule has 1 N–H and O–H groups in total. The molecular formula is C16H16N2O4. The highest BCUT2D eigenvalue weighted by Crippen LogP contribution is 2.19. The number of ether oxygens (including phenoxy) is 1. The normalized spacial score (nSPS) is 18.4. The van der Waals surface area contributed by atoms with Gasteiger partial charge in [-0.15, -0.1) is 0 Å². The molecule has 0 bridgehead atoms. The van der Waals surface area contributed by atoms with E-state index in [1.165, 1.54) is 0 Å². The molecule has 2 aromatic rings. The summed E-state index contributed by atoms with van der Waals surface area (Å²) in [4.78, 5) is 29.3. The summed E-state index contributed by atoms with van der Waals surface area (Å²) in [7, 11) is 0. The molecular weight excluding hydrogens is 284 g/mol. The van der Waals surface area contributed by atoms with Crippen molar-refractivity contribution in [3.63, 3.8) is 0 Å². The van der Waals surface area contributed by atoms with Crippen molar-refractivity contribution in [2.45, 2.75) is 12.5 Å². The SMILES string of the molecule is O=C(O)CC1CN(C(=O)c2nccc3ccccc23)CCO1. The van der Waals surface area contributed by atoms with Gasteiger partial charge in [0.25, 0.3) is 5.91 Å². The Morgan fingerprint density at radius 3 is 2.95 bits per heavy atom. The number of amides is 1. The molecule has 1 atom stereocenters. The maximum Gasteiger partial charge on any atom is 0.306 e. The smallest absolute Gasteiger partial charge is 0.306 e. The van der Waals surface area contributed by atoms with Gasteiger partial charge in [0, 0.05) is 24.7 Å². The van der Waals surface area contributed by atoms with Crippen LogP contribution in [-0.4, -0.2) is 52.7 Å². The lowest BCUT2D eigenvalue weighted by atomic mass is 10.1. The number of morpholine rings is 1. The third-order valence-electron chi connectivity index (χ3n) is 3.70. The summed E-state index contributed by atoms with van der Waals surface area (Å²) >= 11 is 0. The largest absolute Gasteiger partial charge is 0.481 e. The topological polar surface area (TPSA) is 79.7 Å². The highest BCUT2D eigenvalue weighted by molar-refractivity contribution is 6.05. The number of carboxylic acid groups (broad SMARTS) is 1. The summed E-state index contributed by atoms with van der Waals surface area (Å²) in [5.41, 5.74) is 0.397. The van der Waals surface area contributed by atoms with E-state index in [1.54, 1.807) is 11.1 Å². The van der Waals surface area contributed by atoms with Crippen molar-refractivity contribution < 1.29 is 19.4 Å². The van der Waals surface area contributed by atoms with Crippen LogP contribution in [0.5, 0.6) is 0 Å². The number of rotatable bonds is 3. The van der Waals surface area contributed by atoms with Crippen molar-refractivity contribution in [2.24, 2.45) is 0 Å². The Kier molecular flexibility index (Phi) is 4.02. The third-order valence-corrected chi connectivity index (χ3v) is 3.70. The van der Waals surface area contributed by atoms with Gasteiger partial charge in [-0.2, -0.15) is 0 Å². The van der Waals surface area contributed by atoms with Crippen molar-refractivity contribution in [1.29, 1.82) is 0 Å². The van der Waals surface area contributed by atoms with Crippen molar-refractivity contribution in [3.05, 3.63) is 42.2 Å². The fourth-order valence-corrected chi connectivity index (χ4v) is 2.66. The standard InChI is InChI=1S/C16H16N2O4/c19-14(20)9-12-10-18(7-8-22-12)16(21)15-13-4-2-1-3-11(13)5-6-17-15/h1-6,12H,7-10H2,(H,19,20). The predicted octanol–water partition coefficient (Wildman–Crippen LogP) is 1.55. The van der Waals surface area contributed by atoms with Gasteiger partial charge in [0.05, 0.1) is 19.1 Å². The van der Waals surface area contributed by atoms with Crippen LogP contribution in [0.25, 0.3) is 10.8 Å². The van der Waals surface area contributed by atoms with Crippen LogP contribution >= 0.6 is 0 Å². The Hall–Kier alpha value is -2.47. The maximum atomic E-state index is 12.7. The zero-order valence-electron chi connectivity index (χ0n) is 11.9. The molecule has 6 nitrogen and oxygen atoms in total. The zero-order chi connectivity index (χ0) is 15.5. The van der Waals surface area contributed by atoms with E-state index in [9.17, 15) is 9.59 Å². The van der Waals surface area contributed by atoms with Crippen LogP contribution in [0.3, 0.4) is 0 Å². The first-order valence-electron chi connectivity index (χ1n) is 7.11. The fraction of sp³-hybridized carbons (Fsp3) is 0.312. The number of fused-ring (bicyclic) bond motifs is 1. The van der Waals surface area contributed by atoms with Gasteiger partial charge in [0.2, 0.25) is 0 Å². The van der Waals surface area contributed by atoms with E-state index < -0.39 is 12.1 Å². The minimum absolute atomic E-state index is 0.104. The van der Waals surface area contributed by atoms with E-state index in [2.05, 4.69) is 4.98 Å². The van der Waals surface area contributed by atoms with Crippen LogP contribution in [0, 0.1) is 0 Å². The number of aliphatic carboxylic acids is 1. The Labute approximate surface area is 127 Å². The van der Waals surface area contributed by atoms with E-state index in [4.69, 9.17) is 9.84 Å². The van der Waals surface area contributed by atoms with Crippen molar-refractivity contribution in [3.8, 4) is 0 Å². The number of nitrogens with zero attached hydrogens (tertiary/aromatic N) is 2. The van der Waals surface area contributed by atoms with E-state index >= 15 is 0 Å². The second-order valence-corrected chi connectivity index (χ2v) is 5.22. The number of hydrogen-bond donors (Lipinski definition) is 1. The monoisotopic (exact) mass is 300 g/mol. The number of hydrogen-bond acceptors (Lipinski definition) is 4.